The largest absolute Gasteiger partial charge is 0.345 e. The topological polar surface area (TPSA) is 64.0 Å². The zero-order valence-corrected chi connectivity index (χ0v) is 13.7. The second-order valence-corrected chi connectivity index (χ2v) is 6.48. The standard InChI is InChI=1S/C15H19N3O2S/c1-8-6-7-12(21-8)11(4)16-14(19)13-9(2)10(3)17-18(5)15(13)20/h6-7,11H,1-5H3,(H,16,19)/t11-/m0/s1. The number of nitrogens with zero attached hydrogens (tertiary/aromatic N) is 2. The summed E-state index contributed by atoms with van der Waals surface area (Å²) in [5, 5.41) is 6.97. The van der Waals surface area contributed by atoms with E-state index in [1.807, 2.05) is 26.0 Å². The maximum absolute atomic E-state index is 12.4. The van der Waals surface area contributed by atoms with E-state index < -0.39 is 0 Å². The van der Waals surface area contributed by atoms with Crippen LogP contribution in [0.1, 0.15) is 44.3 Å². The van der Waals surface area contributed by atoms with E-state index in [1.54, 1.807) is 32.2 Å². The Bertz CT molecular complexity index is 746. The second kappa shape index (κ2) is 5.81. The Hall–Kier alpha value is -1.95. The molecule has 21 heavy (non-hydrogen) atoms. The molecule has 1 atom stereocenters. The third-order valence-electron chi connectivity index (χ3n) is 3.49. The Kier molecular flexibility index (Phi) is 4.27. The van der Waals surface area contributed by atoms with E-state index in [-0.39, 0.29) is 23.1 Å². The van der Waals surface area contributed by atoms with Crippen LogP contribution >= 0.6 is 11.3 Å². The van der Waals surface area contributed by atoms with Gasteiger partial charge in [0, 0.05) is 16.8 Å². The van der Waals surface area contributed by atoms with Crippen LogP contribution in [0.3, 0.4) is 0 Å². The number of amides is 1. The van der Waals surface area contributed by atoms with Gasteiger partial charge < -0.3 is 5.32 Å². The molecular formula is C15H19N3O2S. The van der Waals surface area contributed by atoms with Crippen molar-refractivity contribution in [2.24, 2.45) is 7.05 Å². The van der Waals surface area contributed by atoms with Crippen LogP contribution in [0, 0.1) is 20.8 Å². The van der Waals surface area contributed by atoms with Crippen LogP contribution in [-0.4, -0.2) is 15.7 Å². The smallest absolute Gasteiger partial charge is 0.279 e. The fraction of sp³-hybridized carbons (Fsp3) is 0.400. The maximum Gasteiger partial charge on any atom is 0.279 e. The number of hydrogen-bond donors (Lipinski definition) is 1. The van der Waals surface area contributed by atoms with Crippen molar-refractivity contribution < 1.29 is 4.79 Å². The number of aromatic nitrogens is 2. The fourth-order valence-corrected chi connectivity index (χ4v) is 3.02. The van der Waals surface area contributed by atoms with Crippen molar-refractivity contribution in [3.05, 3.63) is 49.1 Å². The zero-order chi connectivity index (χ0) is 15.7. The molecule has 0 radical (unpaired) electrons. The van der Waals surface area contributed by atoms with Gasteiger partial charge in [-0.2, -0.15) is 5.10 Å². The normalized spacial score (nSPS) is 12.2. The number of carbonyl (C=O) groups excluding carboxylic acids is 1. The predicted molar refractivity (Wildman–Crippen MR) is 83.9 cm³/mol. The van der Waals surface area contributed by atoms with E-state index in [0.717, 1.165) is 4.88 Å². The lowest BCUT2D eigenvalue weighted by molar-refractivity contribution is 0.0937. The monoisotopic (exact) mass is 305 g/mol. The Balaban J connectivity index is 2.31. The first-order valence-corrected chi connectivity index (χ1v) is 7.54. The van der Waals surface area contributed by atoms with Crippen LogP contribution < -0.4 is 10.9 Å². The molecule has 1 amide bonds. The predicted octanol–water partition coefficient (Wildman–Crippen LogP) is 2.26. The number of thiophene rings is 1. The van der Waals surface area contributed by atoms with Crippen molar-refractivity contribution >= 4 is 17.2 Å². The number of nitrogens with one attached hydrogen (secondary N) is 1. The summed E-state index contributed by atoms with van der Waals surface area (Å²) in [5.41, 5.74) is 1.11. The number of hydrogen-bond acceptors (Lipinski definition) is 4. The molecule has 0 unspecified atom stereocenters. The molecule has 0 aliphatic rings. The lowest BCUT2D eigenvalue weighted by Gasteiger charge is -2.14. The lowest BCUT2D eigenvalue weighted by Crippen LogP contribution is -2.36. The quantitative estimate of drug-likeness (QED) is 0.946. The molecule has 0 aromatic carbocycles. The summed E-state index contributed by atoms with van der Waals surface area (Å²) >= 11 is 1.64. The number of rotatable bonds is 3. The highest BCUT2D eigenvalue weighted by molar-refractivity contribution is 7.12. The first kappa shape index (κ1) is 15.4. The summed E-state index contributed by atoms with van der Waals surface area (Å²) in [6.07, 6.45) is 0. The first-order chi connectivity index (χ1) is 9.81. The zero-order valence-electron chi connectivity index (χ0n) is 12.9. The van der Waals surface area contributed by atoms with Gasteiger partial charge in [0.1, 0.15) is 5.56 Å². The highest BCUT2D eigenvalue weighted by atomic mass is 32.1. The molecule has 0 saturated carbocycles. The van der Waals surface area contributed by atoms with Crippen LogP contribution in [0.4, 0.5) is 0 Å². The Labute approximate surface area is 127 Å². The minimum absolute atomic E-state index is 0.131. The summed E-state index contributed by atoms with van der Waals surface area (Å²) < 4.78 is 1.21. The van der Waals surface area contributed by atoms with Crippen molar-refractivity contribution in [1.29, 1.82) is 0 Å². The van der Waals surface area contributed by atoms with Gasteiger partial charge in [-0.1, -0.05) is 0 Å². The fourth-order valence-electron chi connectivity index (χ4n) is 2.14. The van der Waals surface area contributed by atoms with Gasteiger partial charge >= 0.3 is 0 Å². The Morgan fingerprint density at radius 2 is 2.00 bits per heavy atom. The van der Waals surface area contributed by atoms with E-state index in [2.05, 4.69) is 10.4 Å². The van der Waals surface area contributed by atoms with Gasteiger partial charge in [0.2, 0.25) is 0 Å². The van der Waals surface area contributed by atoms with E-state index in [0.29, 0.717) is 11.3 Å². The highest BCUT2D eigenvalue weighted by Gasteiger charge is 2.20. The third kappa shape index (κ3) is 3.05. The highest BCUT2D eigenvalue weighted by Crippen LogP contribution is 2.22. The molecule has 0 bridgehead atoms. The SMILES string of the molecule is Cc1ccc([C@H](C)NC(=O)c2c(C)c(C)nn(C)c2=O)s1. The molecule has 0 aliphatic heterocycles. The maximum atomic E-state index is 12.4. The number of aryl methyl sites for hydroxylation is 3. The molecule has 2 aromatic rings. The molecule has 0 spiro atoms. The van der Waals surface area contributed by atoms with E-state index in [9.17, 15) is 9.59 Å². The summed E-state index contributed by atoms with van der Waals surface area (Å²) in [6.45, 7) is 7.47. The molecule has 5 nitrogen and oxygen atoms in total. The van der Waals surface area contributed by atoms with Gasteiger partial charge in [-0.05, 0) is 45.4 Å². The van der Waals surface area contributed by atoms with Gasteiger partial charge in [0.25, 0.3) is 11.5 Å². The van der Waals surface area contributed by atoms with Crippen LogP contribution in [0.5, 0.6) is 0 Å². The summed E-state index contributed by atoms with van der Waals surface area (Å²) in [7, 11) is 1.55. The molecule has 6 heteroatoms. The van der Waals surface area contributed by atoms with Gasteiger partial charge in [0.05, 0.1) is 11.7 Å². The minimum atomic E-state index is -0.370. The molecule has 112 valence electrons. The van der Waals surface area contributed by atoms with Crippen LogP contribution in [-0.2, 0) is 7.05 Å². The van der Waals surface area contributed by atoms with Gasteiger partial charge in [-0.25, -0.2) is 4.68 Å². The number of carbonyl (C=O) groups is 1. The molecule has 2 aromatic heterocycles. The van der Waals surface area contributed by atoms with E-state index in [4.69, 9.17) is 0 Å². The van der Waals surface area contributed by atoms with Crippen molar-refractivity contribution in [3.8, 4) is 0 Å². The molecule has 0 aliphatic carbocycles. The first-order valence-electron chi connectivity index (χ1n) is 6.73. The second-order valence-electron chi connectivity index (χ2n) is 5.16. The molecule has 2 rings (SSSR count). The van der Waals surface area contributed by atoms with Crippen molar-refractivity contribution in [1.82, 2.24) is 15.1 Å². The Morgan fingerprint density at radius 3 is 2.57 bits per heavy atom. The van der Waals surface area contributed by atoms with Gasteiger partial charge in [-0.3, -0.25) is 9.59 Å². The van der Waals surface area contributed by atoms with E-state index >= 15 is 0 Å². The minimum Gasteiger partial charge on any atom is -0.345 e. The summed E-state index contributed by atoms with van der Waals surface area (Å²) in [4.78, 5) is 26.8. The van der Waals surface area contributed by atoms with Crippen LogP contribution in [0.15, 0.2) is 16.9 Å². The molecule has 1 N–H and O–H groups in total. The lowest BCUT2D eigenvalue weighted by atomic mass is 10.1. The molecular weight excluding hydrogens is 286 g/mol. The Morgan fingerprint density at radius 1 is 1.33 bits per heavy atom. The van der Waals surface area contributed by atoms with Crippen molar-refractivity contribution in [3.63, 3.8) is 0 Å². The molecule has 0 fully saturated rings. The van der Waals surface area contributed by atoms with Crippen molar-refractivity contribution in [2.45, 2.75) is 33.7 Å². The van der Waals surface area contributed by atoms with E-state index in [1.165, 1.54) is 9.56 Å². The average Bonchev–Trinajstić information content (AvgIpc) is 2.83. The van der Waals surface area contributed by atoms with Crippen LogP contribution in [0.2, 0.25) is 0 Å². The van der Waals surface area contributed by atoms with Crippen LogP contribution in [0.25, 0.3) is 0 Å². The molecule has 2 heterocycles. The third-order valence-corrected chi connectivity index (χ3v) is 4.67. The average molecular weight is 305 g/mol. The molecule has 0 saturated heterocycles. The van der Waals surface area contributed by atoms with Gasteiger partial charge in [-0.15, -0.1) is 11.3 Å². The van der Waals surface area contributed by atoms with Crippen molar-refractivity contribution in [2.75, 3.05) is 0 Å². The summed E-state index contributed by atoms with van der Waals surface area (Å²) in [6, 6.07) is 3.88. The summed E-state index contributed by atoms with van der Waals surface area (Å²) in [5.74, 6) is -0.350. The van der Waals surface area contributed by atoms with Gasteiger partial charge in [0.15, 0.2) is 0 Å².